The summed E-state index contributed by atoms with van der Waals surface area (Å²) in [5.74, 6) is -0.937. The van der Waals surface area contributed by atoms with Crippen molar-refractivity contribution in [1.82, 2.24) is 9.80 Å². The number of carbonyl (C=O) groups is 4. The van der Waals surface area contributed by atoms with E-state index in [1.54, 1.807) is 24.3 Å². The number of rotatable bonds is 14. The number of likely N-dealkylation sites (N-methyl/N-ethyl adjacent to an activating group) is 1. The van der Waals surface area contributed by atoms with Crippen molar-refractivity contribution in [2.24, 2.45) is 21.7 Å². The maximum atomic E-state index is 13.8. The van der Waals surface area contributed by atoms with Gasteiger partial charge in [0, 0.05) is 66.4 Å². The summed E-state index contributed by atoms with van der Waals surface area (Å²) in [6, 6.07) is 46.1. The Labute approximate surface area is 598 Å². The van der Waals surface area contributed by atoms with E-state index in [1.165, 1.54) is 56.1 Å². The lowest BCUT2D eigenvalue weighted by Gasteiger charge is -2.32. The average molecular weight is 1360 g/mol. The number of carbonyl (C=O) groups excluding carboxylic acids is 4. The molecule has 0 spiro atoms. The Kier molecular flexibility index (Phi) is 28.0. The second-order valence-electron chi connectivity index (χ2n) is 32.3. The van der Waals surface area contributed by atoms with Gasteiger partial charge in [-0.2, -0.15) is 0 Å². The molecule has 8 aromatic carbocycles. The van der Waals surface area contributed by atoms with Crippen molar-refractivity contribution in [3.63, 3.8) is 0 Å². The number of piperazine rings is 1. The minimum Gasteiger partial charge on any atom is -0.322 e. The molecule has 0 unspecified atom stereocenters. The summed E-state index contributed by atoms with van der Waals surface area (Å²) in [5, 5.41) is 12.2. The lowest BCUT2D eigenvalue weighted by atomic mass is 9.86. The van der Waals surface area contributed by atoms with Crippen LogP contribution in [-0.2, 0) is 32.2 Å². The van der Waals surface area contributed by atoms with E-state index in [0.717, 1.165) is 109 Å². The Bertz CT molecular complexity index is 3830. The van der Waals surface area contributed by atoms with Crippen LogP contribution < -0.4 is 21.3 Å². The molecule has 0 aromatic heterocycles. The SMILES string of the molecule is Cc1cc(NC(=O)c2ccc(C)c(CC(C)(C)C)c2)ccc1CN1CCN(C)CC1.Cc1ccc(C)c(NC(=O)c2ccc(C)c(CC(C)(C)C)c2)c1.Cc1ccc(Cl)c(NC(=O)c2ccc(C)c(CC(C)(C)C)c2)c1.Cc1ccc(F)c(NC(=O)c2ccc(C)c(CC(C)(C)C)c2)c1. The van der Waals surface area contributed by atoms with Crippen LogP contribution in [0.25, 0.3) is 0 Å². The number of anilines is 4. The van der Waals surface area contributed by atoms with Crippen LogP contribution in [0.15, 0.2) is 146 Å². The first kappa shape index (κ1) is 79.8. The van der Waals surface area contributed by atoms with Crippen molar-refractivity contribution in [2.75, 3.05) is 54.5 Å². The van der Waals surface area contributed by atoms with Gasteiger partial charge in [-0.15, -0.1) is 0 Å². The summed E-state index contributed by atoms with van der Waals surface area (Å²) in [5.41, 5.74) is 22.4. The summed E-state index contributed by atoms with van der Waals surface area (Å²) < 4.78 is 13.8. The fourth-order valence-corrected chi connectivity index (χ4v) is 11.8. The molecular weight excluding hydrogens is 1250 g/mol. The van der Waals surface area contributed by atoms with Gasteiger partial charge in [0.1, 0.15) is 5.82 Å². The lowest BCUT2D eigenvalue weighted by Crippen LogP contribution is -2.43. The van der Waals surface area contributed by atoms with Gasteiger partial charge in [-0.1, -0.05) is 149 Å². The second kappa shape index (κ2) is 34.7. The quantitative estimate of drug-likeness (QED) is 0.0860. The summed E-state index contributed by atoms with van der Waals surface area (Å²) in [6.45, 7) is 50.2. The fourth-order valence-electron chi connectivity index (χ4n) is 11.6. The van der Waals surface area contributed by atoms with Crippen LogP contribution in [0.1, 0.15) is 202 Å². The smallest absolute Gasteiger partial charge is 0.255 e. The van der Waals surface area contributed by atoms with E-state index in [1.807, 2.05) is 126 Å². The Morgan fingerprint density at radius 3 is 1.09 bits per heavy atom. The van der Waals surface area contributed by atoms with Gasteiger partial charge in [0.25, 0.3) is 23.6 Å². The molecule has 0 bridgehead atoms. The molecule has 12 heteroatoms. The van der Waals surface area contributed by atoms with Crippen LogP contribution in [0.5, 0.6) is 0 Å². The van der Waals surface area contributed by atoms with Gasteiger partial charge < -0.3 is 26.2 Å². The van der Waals surface area contributed by atoms with Gasteiger partial charge in [0.15, 0.2) is 0 Å². The van der Waals surface area contributed by atoms with Crippen molar-refractivity contribution in [3.05, 3.63) is 257 Å². The number of benzene rings is 8. The predicted molar refractivity (Wildman–Crippen MR) is 416 cm³/mol. The molecule has 528 valence electrons. The molecular formula is C87H112ClFN6O4. The molecule has 0 radical (unpaired) electrons. The van der Waals surface area contributed by atoms with Crippen LogP contribution in [0.4, 0.5) is 27.1 Å². The molecule has 0 aliphatic carbocycles. The lowest BCUT2D eigenvalue weighted by molar-refractivity contribution is 0.101. The van der Waals surface area contributed by atoms with E-state index in [4.69, 9.17) is 11.6 Å². The van der Waals surface area contributed by atoms with Crippen LogP contribution in [0, 0.1) is 89.8 Å². The molecule has 0 atom stereocenters. The highest BCUT2D eigenvalue weighted by molar-refractivity contribution is 6.34. The number of hydrogen-bond donors (Lipinski definition) is 4. The molecule has 1 aliphatic heterocycles. The summed E-state index contributed by atoms with van der Waals surface area (Å²) in [6.07, 6.45) is 3.74. The molecule has 1 heterocycles. The standard InChI is InChI=1S/C26H37N3O.C21H27NO.C20H24ClNO.C20H24FNO/c1-19-7-8-21(16-23(19)17-26(3,4)5)25(30)27-24-10-9-22(20(2)15-24)18-29-13-11-28(6)12-14-29;1-14-7-8-16(3)19(11-14)22-20(23)17-10-9-15(2)18(12-17)13-21(4,5)6;2*1-13-6-9-17(21)18(10-13)22-19(23)15-8-7-14(2)16(11-15)12-20(3,4)5/h7-10,15-16H,11-14,17-18H2,1-6H3,(H,27,30);7-12H,13H2,1-6H3,(H,22,23);2*6-11H,12H2,1-5H3,(H,22,23). The largest absolute Gasteiger partial charge is 0.322 e. The van der Waals surface area contributed by atoms with E-state index >= 15 is 0 Å². The van der Waals surface area contributed by atoms with Gasteiger partial charge in [-0.3, -0.25) is 24.1 Å². The highest BCUT2D eigenvalue weighted by atomic mass is 35.5. The summed E-state index contributed by atoms with van der Waals surface area (Å²) in [4.78, 5) is 55.3. The van der Waals surface area contributed by atoms with Gasteiger partial charge in [0.2, 0.25) is 0 Å². The second-order valence-corrected chi connectivity index (χ2v) is 32.7. The number of nitrogens with zero attached hydrogens (tertiary/aromatic N) is 2. The van der Waals surface area contributed by atoms with E-state index in [-0.39, 0.29) is 51.0 Å². The van der Waals surface area contributed by atoms with Gasteiger partial charge in [-0.25, -0.2) is 4.39 Å². The number of nitrogens with one attached hydrogen (secondary N) is 4. The first-order valence-corrected chi connectivity index (χ1v) is 35.2. The maximum Gasteiger partial charge on any atom is 0.255 e. The molecule has 8 aromatic rings. The van der Waals surface area contributed by atoms with Crippen LogP contribution in [0.2, 0.25) is 5.02 Å². The first-order chi connectivity index (χ1) is 46.1. The zero-order chi connectivity index (χ0) is 73.5. The minimum atomic E-state index is -0.425. The number of halogens is 2. The van der Waals surface area contributed by atoms with Gasteiger partial charge >= 0.3 is 0 Å². The van der Waals surface area contributed by atoms with Crippen molar-refractivity contribution in [2.45, 2.75) is 178 Å². The normalized spacial score (nSPS) is 12.8. The first-order valence-electron chi connectivity index (χ1n) is 34.8. The summed E-state index contributed by atoms with van der Waals surface area (Å²) >= 11 is 6.16. The molecule has 9 rings (SSSR count). The Morgan fingerprint density at radius 1 is 0.364 bits per heavy atom. The van der Waals surface area contributed by atoms with Gasteiger partial charge in [0.05, 0.1) is 16.4 Å². The molecule has 1 fully saturated rings. The average Bonchev–Trinajstić information content (AvgIpc) is 0.849. The van der Waals surface area contributed by atoms with Crippen LogP contribution >= 0.6 is 11.6 Å². The molecule has 1 aliphatic rings. The van der Waals surface area contributed by atoms with Crippen molar-refractivity contribution in [1.29, 1.82) is 0 Å². The number of aryl methyl sites for hydroxylation is 9. The van der Waals surface area contributed by atoms with Crippen LogP contribution in [-0.4, -0.2) is 66.7 Å². The van der Waals surface area contributed by atoms with Crippen molar-refractivity contribution >= 4 is 58.0 Å². The zero-order valence-corrected chi connectivity index (χ0v) is 64.3. The Hall–Kier alpha value is -8.22. The Morgan fingerprint density at radius 2 is 0.697 bits per heavy atom. The summed E-state index contributed by atoms with van der Waals surface area (Å²) in [7, 11) is 2.18. The van der Waals surface area contributed by atoms with Gasteiger partial charge in [-0.05, 0) is 286 Å². The zero-order valence-electron chi connectivity index (χ0n) is 63.5. The van der Waals surface area contributed by atoms with E-state index in [2.05, 4.69) is 173 Å². The predicted octanol–water partition coefficient (Wildman–Crippen LogP) is 21.4. The van der Waals surface area contributed by atoms with Crippen LogP contribution in [0.3, 0.4) is 0 Å². The molecule has 99 heavy (non-hydrogen) atoms. The van der Waals surface area contributed by atoms with Crippen molar-refractivity contribution < 1.29 is 23.6 Å². The molecule has 0 saturated carbocycles. The topological polar surface area (TPSA) is 123 Å². The van der Waals surface area contributed by atoms with E-state index in [9.17, 15) is 23.6 Å². The third-order valence-electron chi connectivity index (χ3n) is 17.3. The molecule has 1 saturated heterocycles. The monoisotopic (exact) mass is 1360 g/mol. The third-order valence-corrected chi connectivity index (χ3v) is 17.6. The maximum absolute atomic E-state index is 13.8. The Balaban J connectivity index is 0.000000210. The highest BCUT2D eigenvalue weighted by Gasteiger charge is 2.22. The number of hydrogen-bond acceptors (Lipinski definition) is 6. The number of amides is 4. The third kappa shape index (κ3) is 26.4. The fraction of sp³-hybridized carbons (Fsp3) is 0.402. The highest BCUT2D eigenvalue weighted by Crippen LogP contribution is 2.31. The van der Waals surface area contributed by atoms with Crippen molar-refractivity contribution in [3.8, 4) is 0 Å². The molecule has 4 N–H and O–H groups in total. The molecule has 4 amide bonds. The molecule has 10 nitrogen and oxygen atoms in total. The van der Waals surface area contributed by atoms with E-state index in [0.29, 0.717) is 21.8 Å². The van der Waals surface area contributed by atoms with E-state index < -0.39 is 5.82 Å². The minimum absolute atomic E-state index is 0.0450.